The van der Waals surface area contributed by atoms with E-state index in [4.69, 9.17) is 18.0 Å². The molecule has 0 aliphatic heterocycles. The van der Waals surface area contributed by atoms with E-state index in [-0.39, 0.29) is 5.91 Å². The summed E-state index contributed by atoms with van der Waals surface area (Å²) in [6.45, 7) is 2.20. The van der Waals surface area contributed by atoms with E-state index in [1.807, 2.05) is 24.3 Å². The van der Waals surface area contributed by atoms with Gasteiger partial charge >= 0.3 is 0 Å². The van der Waals surface area contributed by atoms with Crippen molar-refractivity contribution in [1.29, 1.82) is 0 Å². The van der Waals surface area contributed by atoms with E-state index in [0.717, 1.165) is 17.9 Å². The molecule has 1 amide bonds. The van der Waals surface area contributed by atoms with Gasteiger partial charge in [0.05, 0.1) is 4.99 Å². The molecule has 0 fully saturated rings. The highest BCUT2D eigenvalue weighted by molar-refractivity contribution is 7.80. The topological polar surface area (TPSA) is 67.2 Å². The number of thiocarbonyl (C=S) groups is 1. The molecule has 0 radical (unpaired) electrons. The first kappa shape index (κ1) is 12.4. The van der Waals surface area contributed by atoms with Crippen molar-refractivity contribution in [1.82, 2.24) is 0 Å². The molecular formula is C11H15N3OS. The molecule has 0 spiro atoms. The minimum Gasteiger partial charge on any atom is -0.393 e. The molecule has 0 saturated carbocycles. The molecule has 4 N–H and O–H groups in total. The summed E-state index contributed by atoms with van der Waals surface area (Å²) >= 11 is 4.77. The Morgan fingerprint density at radius 1 is 1.31 bits per heavy atom. The van der Waals surface area contributed by atoms with Gasteiger partial charge in [-0.3, -0.25) is 4.79 Å². The molecule has 1 aromatic carbocycles. The molecule has 1 aromatic rings. The van der Waals surface area contributed by atoms with Gasteiger partial charge in [0, 0.05) is 31.3 Å². The van der Waals surface area contributed by atoms with Crippen molar-refractivity contribution in [3.63, 3.8) is 0 Å². The van der Waals surface area contributed by atoms with Crippen molar-refractivity contribution in [2.24, 2.45) is 5.73 Å². The van der Waals surface area contributed by atoms with Crippen molar-refractivity contribution in [2.75, 3.05) is 17.2 Å². The van der Waals surface area contributed by atoms with Crippen molar-refractivity contribution in [3.05, 3.63) is 24.3 Å². The van der Waals surface area contributed by atoms with Crippen molar-refractivity contribution < 1.29 is 4.79 Å². The highest BCUT2D eigenvalue weighted by atomic mass is 32.1. The molecule has 0 aromatic heterocycles. The zero-order valence-electron chi connectivity index (χ0n) is 9.12. The number of hydrogen-bond acceptors (Lipinski definition) is 3. The fourth-order valence-corrected chi connectivity index (χ4v) is 1.31. The molecule has 0 aliphatic rings. The third-order valence-electron chi connectivity index (χ3n) is 1.91. The lowest BCUT2D eigenvalue weighted by molar-refractivity contribution is -0.114. The number of nitrogens with two attached hydrogens (primary N) is 1. The van der Waals surface area contributed by atoms with Crippen LogP contribution < -0.4 is 16.4 Å². The molecule has 4 nitrogen and oxygen atoms in total. The van der Waals surface area contributed by atoms with E-state index in [2.05, 4.69) is 10.6 Å². The summed E-state index contributed by atoms with van der Waals surface area (Å²) in [6, 6.07) is 7.46. The molecule has 1 rings (SSSR count). The molecule has 0 atom stereocenters. The largest absolute Gasteiger partial charge is 0.393 e. The number of hydrogen-bond donors (Lipinski definition) is 3. The van der Waals surface area contributed by atoms with Crippen LogP contribution in [0.25, 0.3) is 0 Å². The van der Waals surface area contributed by atoms with E-state index < -0.39 is 0 Å². The van der Waals surface area contributed by atoms with E-state index in [1.165, 1.54) is 6.92 Å². The Bertz CT molecular complexity index is 375. The zero-order valence-corrected chi connectivity index (χ0v) is 9.93. The summed E-state index contributed by atoms with van der Waals surface area (Å²) in [6.07, 6.45) is 0.669. The van der Waals surface area contributed by atoms with Gasteiger partial charge in [-0.15, -0.1) is 0 Å². The fourth-order valence-electron chi connectivity index (χ4n) is 1.20. The Balaban J connectivity index is 2.45. The maximum atomic E-state index is 10.8. The summed E-state index contributed by atoms with van der Waals surface area (Å²) in [4.78, 5) is 11.3. The Kier molecular flexibility index (Phi) is 4.72. The second-order valence-corrected chi connectivity index (χ2v) is 3.93. The van der Waals surface area contributed by atoms with Gasteiger partial charge in [-0.25, -0.2) is 0 Å². The van der Waals surface area contributed by atoms with E-state index >= 15 is 0 Å². The molecule has 0 unspecified atom stereocenters. The second kappa shape index (κ2) is 6.07. The molecule has 0 bridgehead atoms. The summed E-state index contributed by atoms with van der Waals surface area (Å²) < 4.78 is 0. The molecule has 5 heteroatoms. The lowest BCUT2D eigenvalue weighted by Gasteiger charge is -2.07. The molecular weight excluding hydrogens is 222 g/mol. The van der Waals surface area contributed by atoms with Crippen LogP contribution in [0.3, 0.4) is 0 Å². The normalized spacial score (nSPS) is 9.56. The summed E-state index contributed by atoms with van der Waals surface area (Å²) in [5, 5.41) is 5.88. The van der Waals surface area contributed by atoms with E-state index in [1.54, 1.807) is 0 Å². The number of anilines is 2. The smallest absolute Gasteiger partial charge is 0.221 e. The zero-order chi connectivity index (χ0) is 12.0. The van der Waals surface area contributed by atoms with E-state index in [9.17, 15) is 4.79 Å². The summed E-state index contributed by atoms with van der Waals surface area (Å²) in [7, 11) is 0. The quantitative estimate of drug-likeness (QED) is 0.682. The Morgan fingerprint density at radius 2 is 1.88 bits per heavy atom. The van der Waals surface area contributed by atoms with Crippen molar-refractivity contribution >= 4 is 34.5 Å². The van der Waals surface area contributed by atoms with Crippen molar-refractivity contribution in [2.45, 2.75) is 13.3 Å². The lowest BCUT2D eigenvalue weighted by Crippen LogP contribution is -2.13. The van der Waals surface area contributed by atoms with Crippen LogP contribution >= 0.6 is 12.2 Å². The van der Waals surface area contributed by atoms with Crippen LogP contribution in [0.15, 0.2) is 24.3 Å². The Labute approximate surface area is 100 Å². The lowest BCUT2D eigenvalue weighted by atomic mass is 10.2. The maximum absolute atomic E-state index is 10.8. The van der Waals surface area contributed by atoms with Crippen LogP contribution in [0.4, 0.5) is 11.4 Å². The number of benzene rings is 1. The van der Waals surface area contributed by atoms with Gasteiger partial charge in [0.2, 0.25) is 5.91 Å². The van der Waals surface area contributed by atoms with Gasteiger partial charge in [0.1, 0.15) is 0 Å². The highest BCUT2D eigenvalue weighted by Gasteiger charge is 1.96. The predicted octanol–water partition coefficient (Wildman–Crippen LogP) is 1.73. The number of amides is 1. The van der Waals surface area contributed by atoms with Gasteiger partial charge < -0.3 is 16.4 Å². The van der Waals surface area contributed by atoms with E-state index in [0.29, 0.717) is 11.4 Å². The summed E-state index contributed by atoms with van der Waals surface area (Å²) in [5.41, 5.74) is 7.14. The average molecular weight is 237 g/mol. The van der Waals surface area contributed by atoms with Gasteiger partial charge in [-0.2, -0.15) is 0 Å². The fraction of sp³-hybridized carbons (Fsp3) is 0.273. The highest BCUT2D eigenvalue weighted by Crippen LogP contribution is 2.13. The SMILES string of the molecule is CC(=O)Nc1ccc(NCCC(N)=S)cc1. The molecule has 86 valence electrons. The van der Waals surface area contributed by atoms with Crippen LogP contribution in [0.1, 0.15) is 13.3 Å². The average Bonchev–Trinajstić information content (AvgIpc) is 2.19. The third-order valence-corrected chi connectivity index (χ3v) is 2.11. The molecule has 0 heterocycles. The van der Waals surface area contributed by atoms with Crippen LogP contribution in [-0.2, 0) is 4.79 Å². The van der Waals surface area contributed by atoms with Gasteiger partial charge in [0.25, 0.3) is 0 Å². The summed E-state index contributed by atoms with van der Waals surface area (Å²) in [5.74, 6) is -0.0748. The molecule has 0 aliphatic carbocycles. The first-order valence-corrected chi connectivity index (χ1v) is 5.38. The first-order chi connectivity index (χ1) is 7.58. The third kappa shape index (κ3) is 4.75. The first-order valence-electron chi connectivity index (χ1n) is 4.98. The van der Waals surface area contributed by atoms with Crippen LogP contribution in [0.5, 0.6) is 0 Å². The number of nitrogens with one attached hydrogen (secondary N) is 2. The van der Waals surface area contributed by atoms with Crippen LogP contribution in [0, 0.1) is 0 Å². The van der Waals surface area contributed by atoms with Gasteiger partial charge in [0.15, 0.2) is 0 Å². The minimum atomic E-state index is -0.0748. The van der Waals surface area contributed by atoms with Crippen LogP contribution in [0.2, 0.25) is 0 Å². The standard InChI is InChI=1S/C11H15N3OS/c1-8(15)14-10-4-2-9(3-5-10)13-7-6-11(12)16/h2-5,13H,6-7H2,1H3,(H2,12,16)(H,14,15). The molecule has 0 saturated heterocycles. The van der Waals surface area contributed by atoms with Crippen LogP contribution in [-0.4, -0.2) is 17.4 Å². The maximum Gasteiger partial charge on any atom is 0.221 e. The Morgan fingerprint density at radius 3 is 2.38 bits per heavy atom. The number of carbonyl (C=O) groups is 1. The number of rotatable bonds is 5. The number of carbonyl (C=O) groups excluding carboxylic acids is 1. The Hall–Kier alpha value is -1.62. The minimum absolute atomic E-state index is 0.0748. The predicted molar refractivity (Wildman–Crippen MR) is 70.6 cm³/mol. The van der Waals surface area contributed by atoms with Gasteiger partial charge in [-0.05, 0) is 24.3 Å². The molecule has 16 heavy (non-hydrogen) atoms. The van der Waals surface area contributed by atoms with Gasteiger partial charge in [-0.1, -0.05) is 12.2 Å². The van der Waals surface area contributed by atoms with Crippen molar-refractivity contribution in [3.8, 4) is 0 Å². The monoisotopic (exact) mass is 237 g/mol. The second-order valence-electron chi connectivity index (χ2n) is 3.40.